The van der Waals surface area contributed by atoms with Gasteiger partial charge in [-0.2, -0.15) is 0 Å². The molecular formula is C15H9O5+. The molecule has 2 aliphatic rings. The van der Waals surface area contributed by atoms with Crippen LogP contribution >= 0.6 is 0 Å². The summed E-state index contributed by atoms with van der Waals surface area (Å²) in [5.41, 5.74) is 1.50. The molecule has 0 fully saturated rings. The van der Waals surface area contributed by atoms with E-state index in [4.69, 9.17) is 23.4 Å². The van der Waals surface area contributed by atoms with Gasteiger partial charge in [-0.05, 0) is 6.07 Å². The van der Waals surface area contributed by atoms with Crippen molar-refractivity contribution in [2.45, 2.75) is 0 Å². The van der Waals surface area contributed by atoms with Crippen molar-refractivity contribution in [3.63, 3.8) is 0 Å². The molecule has 0 amide bonds. The van der Waals surface area contributed by atoms with Gasteiger partial charge in [-0.25, -0.2) is 4.42 Å². The summed E-state index contributed by atoms with van der Waals surface area (Å²) in [6, 6.07) is 9.58. The molecule has 0 atom stereocenters. The zero-order chi connectivity index (χ0) is 13.1. The van der Waals surface area contributed by atoms with Crippen LogP contribution in [-0.2, 0) is 0 Å². The smallest absolute Gasteiger partial charge is 0.364 e. The number of ether oxygens (including phenoxy) is 4. The third-order valence-corrected chi connectivity index (χ3v) is 3.54. The lowest BCUT2D eigenvalue weighted by Crippen LogP contribution is -1.92. The van der Waals surface area contributed by atoms with Crippen molar-refractivity contribution in [3.8, 4) is 23.0 Å². The molecule has 0 radical (unpaired) electrons. The molecule has 3 heterocycles. The molecule has 1 aromatic heterocycles. The number of hydrogen-bond donors (Lipinski definition) is 0. The van der Waals surface area contributed by atoms with Crippen LogP contribution in [0.25, 0.3) is 21.9 Å². The molecule has 0 bridgehead atoms. The summed E-state index contributed by atoms with van der Waals surface area (Å²) < 4.78 is 27.4. The topological polar surface area (TPSA) is 48.2 Å². The van der Waals surface area contributed by atoms with Crippen molar-refractivity contribution in [1.29, 1.82) is 0 Å². The van der Waals surface area contributed by atoms with Crippen LogP contribution in [0, 0.1) is 0 Å². The lowest BCUT2D eigenvalue weighted by molar-refractivity contribution is 0.173. The maximum Gasteiger partial charge on any atom is 0.364 e. The fraction of sp³-hybridized carbons (Fsp3) is 0.133. The van der Waals surface area contributed by atoms with E-state index in [1.165, 1.54) is 0 Å². The first kappa shape index (κ1) is 10.1. The second kappa shape index (κ2) is 3.45. The largest absolute Gasteiger partial charge is 0.454 e. The van der Waals surface area contributed by atoms with Gasteiger partial charge in [0.25, 0.3) is 0 Å². The Hall–Kier alpha value is -2.69. The minimum Gasteiger partial charge on any atom is -0.454 e. The molecule has 20 heavy (non-hydrogen) atoms. The van der Waals surface area contributed by atoms with Gasteiger partial charge in [0.05, 0.1) is 22.9 Å². The Labute approximate surface area is 113 Å². The molecule has 0 saturated heterocycles. The molecule has 0 N–H and O–H groups in total. The fourth-order valence-corrected chi connectivity index (χ4v) is 2.57. The summed E-state index contributed by atoms with van der Waals surface area (Å²) in [4.78, 5) is 0. The normalized spacial score (nSPS) is 15.2. The minimum absolute atomic E-state index is 0.251. The molecule has 0 saturated carbocycles. The van der Waals surface area contributed by atoms with E-state index in [2.05, 4.69) is 0 Å². The van der Waals surface area contributed by atoms with E-state index in [9.17, 15) is 0 Å². The number of rotatable bonds is 0. The Morgan fingerprint density at radius 2 is 1.05 bits per heavy atom. The molecule has 5 rings (SSSR count). The first-order valence-corrected chi connectivity index (χ1v) is 6.27. The summed E-state index contributed by atoms with van der Waals surface area (Å²) in [5, 5.41) is 1.92. The summed E-state index contributed by atoms with van der Waals surface area (Å²) in [6.45, 7) is 0.502. The van der Waals surface area contributed by atoms with E-state index in [0.29, 0.717) is 11.5 Å². The Bertz CT molecular complexity index is 732. The minimum atomic E-state index is 0.251. The Kier molecular flexibility index (Phi) is 1.75. The Morgan fingerprint density at radius 1 is 0.600 bits per heavy atom. The van der Waals surface area contributed by atoms with Crippen LogP contribution in [0.4, 0.5) is 0 Å². The molecule has 5 heteroatoms. The third-order valence-electron chi connectivity index (χ3n) is 3.54. The first-order valence-electron chi connectivity index (χ1n) is 6.27. The van der Waals surface area contributed by atoms with Crippen molar-refractivity contribution in [2.75, 3.05) is 13.6 Å². The van der Waals surface area contributed by atoms with Crippen LogP contribution in [0.1, 0.15) is 0 Å². The lowest BCUT2D eigenvalue weighted by atomic mass is 10.1. The Balaban J connectivity index is 1.84. The number of fused-ring (bicyclic) bond motifs is 4. The van der Waals surface area contributed by atoms with Gasteiger partial charge in [-0.15, -0.1) is 0 Å². The summed E-state index contributed by atoms with van der Waals surface area (Å²) in [6.07, 6.45) is 0. The van der Waals surface area contributed by atoms with Gasteiger partial charge >= 0.3 is 11.2 Å². The Morgan fingerprint density at radius 3 is 1.55 bits per heavy atom. The van der Waals surface area contributed by atoms with Gasteiger partial charge in [0.2, 0.25) is 13.6 Å². The van der Waals surface area contributed by atoms with E-state index in [0.717, 1.165) is 33.4 Å². The van der Waals surface area contributed by atoms with Crippen molar-refractivity contribution in [2.24, 2.45) is 0 Å². The van der Waals surface area contributed by atoms with Gasteiger partial charge in [0, 0.05) is 12.1 Å². The van der Waals surface area contributed by atoms with Crippen molar-refractivity contribution in [1.82, 2.24) is 0 Å². The maximum absolute atomic E-state index is 5.93. The van der Waals surface area contributed by atoms with Crippen LogP contribution in [0.2, 0.25) is 0 Å². The van der Waals surface area contributed by atoms with Gasteiger partial charge in [-0.3, -0.25) is 0 Å². The zero-order valence-corrected chi connectivity index (χ0v) is 10.3. The van der Waals surface area contributed by atoms with Crippen LogP contribution in [-0.4, -0.2) is 13.6 Å². The average Bonchev–Trinajstić information content (AvgIpc) is 3.07. The highest BCUT2D eigenvalue weighted by Crippen LogP contribution is 2.40. The summed E-state index contributed by atoms with van der Waals surface area (Å²) in [5.74, 6) is 2.91. The van der Waals surface area contributed by atoms with Gasteiger partial charge in [0.1, 0.15) is 0 Å². The molecule has 3 aromatic rings. The second-order valence-electron chi connectivity index (χ2n) is 4.73. The molecule has 2 aromatic carbocycles. The highest BCUT2D eigenvalue weighted by Gasteiger charge is 2.23. The average molecular weight is 269 g/mol. The lowest BCUT2D eigenvalue weighted by Gasteiger charge is -1.97. The van der Waals surface area contributed by atoms with Crippen molar-refractivity contribution in [3.05, 3.63) is 30.3 Å². The molecule has 2 aliphatic heterocycles. The molecule has 0 spiro atoms. The highest BCUT2D eigenvalue weighted by molar-refractivity contribution is 5.93. The van der Waals surface area contributed by atoms with Gasteiger partial charge in [0.15, 0.2) is 23.0 Å². The van der Waals surface area contributed by atoms with E-state index >= 15 is 0 Å². The molecular weight excluding hydrogens is 260 g/mol. The van der Waals surface area contributed by atoms with E-state index in [-0.39, 0.29) is 13.6 Å². The zero-order valence-electron chi connectivity index (χ0n) is 10.3. The molecule has 0 unspecified atom stereocenters. The van der Waals surface area contributed by atoms with Crippen LogP contribution in [0.15, 0.2) is 34.7 Å². The first-order chi connectivity index (χ1) is 9.87. The van der Waals surface area contributed by atoms with E-state index in [1.54, 1.807) is 0 Å². The number of benzene rings is 2. The quantitative estimate of drug-likeness (QED) is 0.463. The molecule has 0 aliphatic carbocycles. The third kappa shape index (κ3) is 1.29. The van der Waals surface area contributed by atoms with Crippen molar-refractivity contribution < 1.29 is 23.4 Å². The van der Waals surface area contributed by atoms with Crippen LogP contribution < -0.4 is 18.9 Å². The fourth-order valence-electron chi connectivity index (χ4n) is 2.57. The summed E-state index contributed by atoms with van der Waals surface area (Å²) >= 11 is 0. The van der Waals surface area contributed by atoms with Gasteiger partial charge < -0.3 is 18.9 Å². The van der Waals surface area contributed by atoms with Crippen molar-refractivity contribution >= 4 is 21.9 Å². The molecule has 98 valence electrons. The van der Waals surface area contributed by atoms with E-state index < -0.39 is 0 Å². The van der Waals surface area contributed by atoms with E-state index in [1.807, 2.05) is 30.3 Å². The number of hydrogen-bond acceptors (Lipinski definition) is 4. The van der Waals surface area contributed by atoms with Crippen LogP contribution in [0.3, 0.4) is 0 Å². The maximum atomic E-state index is 5.93. The standard InChI is InChI=1S/C15H9O5/c1-8-2-12-14(18-6-16-12)4-10(8)20-11-5-15-13(3-9(1)11)17-7-19-15/h1-5H,6-7H2/q+1. The highest BCUT2D eigenvalue weighted by atomic mass is 16.7. The SMILES string of the molecule is c1c2c(cc3[o+]c4cc5c(cc4cc13)OCO5)OCO2. The predicted molar refractivity (Wildman–Crippen MR) is 70.4 cm³/mol. The monoisotopic (exact) mass is 269 g/mol. The summed E-state index contributed by atoms with van der Waals surface area (Å²) in [7, 11) is 0. The van der Waals surface area contributed by atoms with Gasteiger partial charge in [-0.1, -0.05) is 0 Å². The van der Waals surface area contributed by atoms with Crippen LogP contribution in [0.5, 0.6) is 23.0 Å². The second-order valence-corrected chi connectivity index (χ2v) is 4.73. The molecule has 5 nitrogen and oxygen atoms in total. The predicted octanol–water partition coefficient (Wildman–Crippen LogP) is 3.32.